The van der Waals surface area contributed by atoms with Crippen LogP contribution >= 0.6 is 0 Å². The van der Waals surface area contributed by atoms with Crippen LogP contribution in [0.25, 0.3) is 0 Å². The molecule has 6 heteroatoms. The first kappa shape index (κ1) is 13.9. The molecule has 0 aromatic rings. The van der Waals surface area contributed by atoms with Crippen LogP contribution < -0.4 is 11.1 Å². The number of nitrogens with one attached hydrogen (secondary N) is 1. The Kier molecular flexibility index (Phi) is 6.64. The van der Waals surface area contributed by atoms with E-state index < -0.39 is 17.9 Å². The van der Waals surface area contributed by atoms with Gasteiger partial charge in [0.25, 0.3) is 0 Å². The predicted molar refractivity (Wildman–Crippen MR) is 56.4 cm³/mol. The fourth-order valence-corrected chi connectivity index (χ4v) is 1.06. The molecule has 0 heterocycles. The van der Waals surface area contributed by atoms with Gasteiger partial charge < -0.3 is 21.1 Å². The lowest BCUT2D eigenvalue weighted by atomic mass is 10.1. The van der Waals surface area contributed by atoms with Gasteiger partial charge in [-0.2, -0.15) is 0 Å². The van der Waals surface area contributed by atoms with E-state index in [1.54, 1.807) is 0 Å². The van der Waals surface area contributed by atoms with Gasteiger partial charge in [-0.1, -0.05) is 0 Å². The molecule has 1 atom stereocenters. The number of rotatable bonds is 8. The number of nitrogens with zero attached hydrogens (tertiary/aromatic N) is 1. The maximum atomic E-state index is 10.8. The van der Waals surface area contributed by atoms with Crippen molar-refractivity contribution in [2.75, 3.05) is 27.2 Å². The molecular formula is C9H19N3O3. The molecule has 0 aliphatic carbocycles. The summed E-state index contributed by atoms with van der Waals surface area (Å²) >= 11 is 0. The zero-order valence-electron chi connectivity index (χ0n) is 9.19. The predicted octanol–water partition coefficient (Wildman–Crippen LogP) is -1.14. The van der Waals surface area contributed by atoms with Gasteiger partial charge in [-0.3, -0.25) is 9.59 Å². The highest BCUT2D eigenvalue weighted by Crippen LogP contribution is 1.96. The van der Waals surface area contributed by atoms with Crippen molar-refractivity contribution in [1.82, 2.24) is 10.2 Å². The molecular weight excluding hydrogens is 198 g/mol. The van der Waals surface area contributed by atoms with E-state index in [0.717, 1.165) is 6.54 Å². The summed E-state index contributed by atoms with van der Waals surface area (Å²) in [5.41, 5.74) is 4.95. The number of nitrogens with two attached hydrogens (primary N) is 1. The highest BCUT2D eigenvalue weighted by atomic mass is 16.4. The minimum atomic E-state index is -0.949. The van der Waals surface area contributed by atoms with Crippen LogP contribution in [-0.2, 0) is 9.59 Å². The zero-order chi connectivity index (χ0) is 11.8. The second-order valence-electron chi connectivity index (χ2n) is 3.65. The molecule has 0 rings (SSSR count). The zero-order valence-corrected chi connectivity index (χ0v) is 9.19. The lowest BCUT2D eigenvalue weighted by Gasteiger charge is -2.15. The minimum absolute atomic E-state index is 0.0892. The van der Waals surface area contributed by atoms with Crippen LogP contribution in [-0.4, -0.2) is 55.1 Å². The number of amides is 1. The molecule has 0 bridgehead atoms. The van der Waals surface area contributed by atoms with E-state index in [0.29, 0.717) is 6.54 Å². The Labute approximate surface area is 89.4 Å². The van der Waals surface area contributed by atoms with Crippen molar-refractivity contribution in [3.8, 4) is 0 Å². The summed E-state index contributed by atoms with van der Waals surface area (Å²) in [6.07, 6.45) is 0.323. The summed E-state index contributed by atoms with van der Waals surface area (Å²) in [6.45, 7) is 1.32. The largest absolute Gasteiger partial charge is 0.480 e. The van der Waals surface area contributed by atoms with Crippen LogP contribution in [0.3, 0.4) is 0 Å². The molecule has 0 unspecified atom stereocenters. The Balaban J connectivity index is 3.84. The third kappa shape index (κ3) is 7.90. The lowest BCUT2D eigenvalue weighted by Crippen LogP contribution is -2.40. The first-order valence-electron chi connectivity index (χ1n) is 4.82. The average molecular weight is 217 g/mol. The third-order valence-electron chi connectivity index (χ3n) is 1.93. The van der Waals surface area contributed by atoms with Crippen molar-refractivity contribution in [3.63, 3.8) is 0 Å². The van der Waals surface area contributed by atoms with Crippen molar-refractivity contribution >= 4 is 11.9 Å². The molecule has 1 amide bonds. The number of hydrogen-bond donors (Lipinski definition) is 3. The van der Waals surface area contributed by atoms with E-state index in [1.165, 1.54) is 0 Å². The number of aliphatic carboxylic acids is 1. The molecule has 0 aromatic carbocycles. The first-order chi connectivity index (χ1) is 6.93. The highest BCUT2D eigenvalue weighted by Gasteiger charge is 2.16. The topological polar surface area (TPSA) is 95.7 Å². The second kappa shape index (κ2) is 7.19. The molecule has 0 aliphatic rings. The fourth-order valence-electron chi connectivity index (χ4n) is 1.06. The van der Waals surface area contributed by atoms with Crippen LogP contribution in [0.2, 0.25) is 0 Å². The number of hydrogen-bond acceptors (Lipinski definition) is 4. The molecule has 0 fully saturated rings. The number of primary amides is 1. The van der Waals surface area contributed by atoms with E-state index in [2.05, 4.69) is 5.32 Å². The Morgan fingerprint density at radius 2 is 2.07 bits per heavy atom. The SMILES string of the molecule is CN(C)CCN[C@@H](CCC(N)=O)C(=O)O. The number of carbonyl (C=O) groups is 2. The maximum absolute atomic E-state index is 10.8. The van der Waals surface area contributed by atoms with Gasteiger partial charge in [0, 0.05) is 19.5 Å². The fraction of sp³-hybridized carbons (Fsp3) is 0.778. The van der Waals surface area contributed by atoms with Crippen LogP contribution in [0.1, 0.15) is 12.8 Å². The summed E-state index contributed by atoms with van der Waals surface area (Å²) in [5, 5.41) is 11.7. The van der Waals surface area contributed by atoms with Crippen molar-refractivity contribution in [2.45, 2.75) is 18.9 Å². The number of carboxylic acids is 1. The average Bonchev–Trinajstić information content (AvgIpc) is 2.09. The summed E-state index contributed by atoms with van der Waals surface area (Å²) in [5.74, 6) is -1.43. The van der Waals surface area contributed by atoms with Crippen molar-refractivity contribution in [3.05, 3.63) is 0 Å². The van der Waals surface area contributed by atoms with E-state index in [-0.39, 0.29) is 12.8 Å². The van der Waals surface area contributed by atoms with E-state index in [4.69, 9.17) is 10.8 Å². The molecule has 0 saturated carbocycles. The summed E-state index contributed by atoms with van der Waals surface area (Å²) < 4.78 is 0. The van der Waals surface area contributed by atoms with E-state index in [9.17, 15) is 9.59 Å². The van der Waals surface area contributed by atoms with E-state index >= 15 is 0 Å². The van der Waals surface area contributed by atoms with Crippen LogP contribution in [0.4, 0.5) is 0 Å². The molecule has 0 aromatic heterocycles. The van der Waals surface area contributed by atoms with Crippen molar-refractivity contribution in [2.24, 2.45) is 5.73 Å². The molecule has 0 aliphatic heterocycles. The minimum Gasteiger partial charge on any atom is -0.480 e. The lowest BCUT2D eigenvalue weighted by molar-refractivity contribution is -0.139. The molecule has 15 heavy (non-hydrogen) atoms. The van der Waals surface area contributed by atoms with Crippen molar-refractivity contribution < 1.29 is 14.7 Å². The van der Waals surface area contributed by atoms with Gasteiger partial charge in [-0.15, -0.1) is 0 Å². The number of carbonyl (C=O) groups excluding carboxylic acids is 1. The van der Waals surface area contributed by atoms with Gasteiger partial charge in [-0.05, 0) is 20.5 Å². The second-order valence-corrected chi connectivity index (χ2v) is 3.65. The summed E-state index contributed by atoms with van der Waals surface area (Å²) in [6, 6.07) is -0.697. The van der Waals surface area contributed by atoms with E-state index in [1.807, 2.05) is 19.0 Å². The molecule has 6 nitrogen and oxygen atoms in total. The molecule has 88 valence electrons. The Hall–Kier alpha value is -1.14. The summed E-state index contributed by atoms with van der Waals surface area (Å²) in [4.78, 5) is 23.2. The van der Waals surface area contributed by atoms with Crippen molar-refractivity contribution in [1.29, 1.82) is 0 Å². The smallest absolute Gasteiger partial charge is 0.320 e. The first-order valence-corrected chi connectivity index (χ1v) is 4.82. The van der Waals surface area contributed by atoms with Gasteiger partial charge in [0.2, 0.25) is 5.91 Å². The maximum Gasteiger partial charge on any atom is 0.320 e. The highest BCUT2D eigenvalue weighted by molar-refractivity contribution is 5.77. The standard InChI is InChI=1S/C9H19N3O3/c1-12(2)6-5-11-7(9(14)15)3-4-8(10)13/h7,11H,3-6H2,1-2H3,(H2,10,13)(H,14,15)/t7-/m0/s1. The summed E-state index contributed by atoms with van der Waals surface area (Å²) in [7, 11) is 3.81. The number of carboxylic acid groups (broad SMARTS) is 1. The molecule has 0 radical (unpaired) electrons. The monoisotopic (exact) mass is 217 g/mol. The quantitative estimate of drug-likeness (QED) is 0.477. The van der Waals surface area contributed by atoms with Crippen LogP contribution in [0.5, 0.6) is 0 Å². The van der Waals surface area contributed by atoms with Gasteiger partial charge in [-0.25, -0.2) is 0 Å². The van der Waals surface area contributed by atoms with Crippen LogP contribution in [0, 0.1) is 0 Å². The molecule has 0 spiro atoms. The van der Waals surface area contributed by atoms with Gasteiger partial charge in [0.1, 0.15) is 6.04 Å². The Morgan fingerprint density at radius 3 is 2.47 bits per heavy atom. The number of likely N-dealkylation sites (N-methyl/N-ethyl adjacent to an activating group) is 1. The Morgan fingerprint density at radius 1 is 1.47 bits per heavy atom. The molecule has 0 saturated heterocycles. The van der Waals surface area contributed by atoms with Gasteiger partial charge >= 0.3 is 5.97 Å². The Bertz CT molecular complexity index is 219. The van der Waals surface area contributed by atoms with Crippen LogP contribution in [0.15, 0.2) is 0 Å². The normalized spacial score (nSPS) is 12.7. The van der Waals surface area contributed by atoms with Gasteiger partial charge in [0.05, 0.1) is 0 Å². The third-order valence-corrected chi connectivity index (χ3v) is 1.93. The molecule has 4 N–H and O–H groups in total. The van der Waals surface area contributed by atoms with Gasteiger partial charge in [0.15, 0.2) is 0 Å².